The number of aliphatic hydroxyl groups excluding tert-OH is 4. The molecular formula is C21H24N2O8S. The molecular weight excluding hydrogens is 440 g/mol. The van der Waals surface area contributed by atoms with Crippen molar-refractivity contribution in [3.63, 3.8) is 0 Å². The van der Waals surface area contributed by atoms with Gasteiger partial charge in [-0.15, -0.1) is 11.8 Å². The summed E-state index contributed by atoms with van der Waals surface area (Å²) in [6.07, 6.45) is 8.94. The Hall–Kier alpha value is -2.54. The lowest BCUT2D eigenvalue weighted by Gasteiger charge is -2.39. The number of hydrogen-bond acceptors (Lipinski definition) is 10. The monoisotopic (exact) mass is 464 g/mol. The summed E-state index contributed by atoms with van der Waals surface area (Å²) in [7, 11) is 0. The Labute approximate surface area is 188 Å². The first-order valence-corrected chi connectivity index (χ1v) is 10.9. The fourth-order valence-corrected chi connectivity index (χ4v) is 4.39. The molecule has 3 aliphatic rings. The highest BCUT2D eigenvalue weighted by molar-refractivity contribution is 7.99. The fraction of sp³-hybridized carbons (Fsp3) is 0.381. The van der Waals surface area contributed by atoms with E-state index in [1.807, 2.05) is 29.3 Å². The third kappa shape index (κ3) is 5.63. The summed E-state index contributed by atoms with van der Waals surface area (Å²) < 4.78 is 5.49. The molecule has 0 bridgehead atoms. The van der Waals surface area contributed by atoms with E-state index in [0.717, 1.165) is 11.8 Å². The molecule has 3 rings (SSSR count). The summed E-state index contributed by atoms with van der Waals surface area (Å²) in [6.45, 7) is 0.00308. The Morgan fingerprint density at radius 1 is 1.12 bits per heavy atom. The molecule has 0 spiro atoms. The highest BCUT2D eigenvalue weighted by Crippen LogP contribution is 2.29. The van der Waals surface area contributed by atoms with E-state index in [1.54, 1.807) is 6.08 Å². The van der Waals surface area contributed by atoms with Gasteiger partial charge in [0.15, 0.2) is 5.78 Å². The van der Waals surface area contributed by atoms with Crippen LogP contribution in [-0.2, 0) is 9.53 Å². The highest BCUT2D eigenvalue weighted by Gasteiger charge is 2.43. The Kier molecular flexibility index (Phi) is 8.18. The van der Waals surface area contributed by atoms with Crippen molar-refractivity contribution in [1.29, 1.82) is 0 Å². The van der Waals surface area contributed by atoms with E-state index in [4.69, 9.17) is 4.74 Å². The molecule has 5 atom stereocenters. The molecule has 0 aromatic carbocycles. The number of nitrogens with zero attached hydrogens (tertiary/aromatic N) is 2. The lowest BCUT2D eigenvalue weighted by molar-refractivity contribution is -0.419. The van der Waals surface area contributed by atoms with Gasteiger partial charge >= 0.3 is 0 Å². The van der Waals surface area contributed by atoms with Crippen LogP contribution in [-0.4, -0.2) is 84.8 Å². The molecule has 32 heavy (non-hydrogen) atoms. The standard InChI is InChI=1S/C21H24N2O8S/c24-12-17-18(26)19(27)20(28)21(31-17)32-10-9-22-8-2-1-3-14(22)5-4-13-11-15(23(29)30)6-7-16(13)25/h1-8,11,17-21,24,26-28H,9-10,12H2/b13-4-,14-5+/t17-,18+,19+,20-,21+/m1/s1. The second-order valence-electron chi connectivity index (χ2n) is 7.20. The van der Waals surface area contributed by atoms with Crippen LogP contribution in [0.5, 0.6) is 0 Å². The third-order valence-electron chi connectivity index (χ3n) is 5.08. The van der Waals surface area contributed by atoms with Crippen molar-refractivity contribution < 1.29 is 34.9 Å². The van der Waals surface area contributed by atoms with Gasteiger partial charge in [-0.05, 0) is 30.4 Å². The van der Waals surface area contributed by atoms with E-state index in [2.05, 4.69) is 0 Å². The zero-order chi connectivity index (χ0) is 23.3. The molecule has 0 unspecified atom stereocenters. The highest BCUT2D eigenvalue weighted by atomic mass is 32.2. The van der Waals surface area contributed by atoms with Gasteiger partial charge in [-0.25, -0.2) is 0 Å². The van der Waals surface area contributed by atoms with Crippen LogP contribution >= 0.6 is 11.8 Å². The van der Waals surface area contributed by atoms with Crippen LogP contribution < -0.4 is 0 Å². The van der Waals surface area contributed by atoms with Crippen LogP contribution in [0.2, 0.25) is 0 Å². The topological polar surface area (TPSA) is 154 Å². The molecule has 0 saturated carbocycles. The smallest absolute Gasteiger partial charge is 0.270 e. The van der Waals surface area contributed by atoms with Crippen LogP contribution in [0.1, 0.15) is 0 Å². The van der Waals surface area contributed by atoms with Gasteiger partial charge in [-0.2, -0.15) is 0 Å². The summed E-state index contributed by atoms with van der Waals surface area (Å²) in [5.74, 6) is 0.148. The Morgan fingerprint density at radius 2 is 1.91 bits per heavy atom. The van der Waals surface area contributed by atoms with Gasteiger partial charge in [0, 0.05) is 41.9 Å². The van der Waals surface area contributed by atoms with E-state index in [9.17, 15) is 35.3 Å². The predicted octanol–water partition coefficient (Wildman–Crippen LogP) is 0.0148. The van der Waals surface area contributed by atoms with Gasteiger partial charge in [0.05, 0.1) is 11.5 Å². The number of allylic oxidation sites excluding steroid dienone is 9. The minimum Gasteiger partial charge on any atom is -0.394 e. The molecule has 4 N–H and O–H groups in total. The molecule has 10 nitrogen and oxygen atoms in total. The van der Waals surface area contributed by atoms with Gasteiger partial charge in [0.25, 0.3) is 5.70 Å². The third-order valence-corrected chi connectivity index (χ3v) is 6.21. The molecule has 2 aliphatic heterocycles. The van der Waals surface area contributed by atoms with Gasteiger partial charge in [0.1, 0.15) is 29.9 Å². The molecule has 0 aromatic rings. The maximum atomic E-state index is 12.0. The summed E-state index contributed by atoms with van der Waals surface area (Å²) >= 11 is 1.23. The number of aliphatic hydroxyl groups is 4. The number of rotatable bonds is 7. The fourth-order valence-electron chi connectivity index (χ4n) is 3.27. The first-order valence-electron chi connectivity index (χ1n) is 9.86. The minimum atomic E-state index is -1.42. The molecule has 2 heterocycles. The van der Waals surface area contributed by atoms with Crippen LogP contribution in [0.25, 0.3) is 0 Å². The summed E-state index contributed by atoms with van der Waals surface area (Å²) in [5.41, 5.74) is -0.0408. The number of carbonyl (C=O) groups excluding carboxylic acids is 1. The van der Waals surface area contributed by atoms with Crippen LogP contribution in [0, 0.1) is 10.1 Å². The minimum absolute atomic E-state index is 0.166. The van der Waals surface area contributed by atoms with Gasteiger partial charge in [0.2, 0.25) is 0 Å². The second kappa shape index (κ2) is 10.9. The van der Waals surface area contributed by atoms with E-state index < -0.39 is 41.4 Å². The Balaban J connectivity index is 1.63. The second-order valence-corrected chi connectivity index (χ2v) is 8.41. The quantitative estimate of drug-likeness (QED) is 0.230. The zero-order valence-electron chi connectivity index (χ0n) is 16.9. The number of ketones is 1. The molecule has 11 heteroatoms. The van der Waals surface area contributed by atoms with Crippen molar-refractivity contribution in [3.05, 3.63) is 81.9 Å². The summed E-state index contributed by atoms with van der Waals surface area (Å²) in [6, 6.07) is 0. The Bertz CT molecular complexity index is 921. The van der Waals surface area contributed by atoms with Crippen molar-refractivity contribution in [3.8, 4) is 0 Å². The predicted molar refractivity (Wildman–Crippen MR) is 117 cm³/mol. The molecule has 0 radical (unpaired) electrons. The van der Waals surface area contributed by atoms with Crippen LogP contribution in [0.15, 0.2) is 71.8 Å². The number of carbonyl (C=O) groups is 1. The molecule has 1 saturated heterocycles. The van der Waals surface area contributed by atoms with Crippen molar-refractivity contribution in [2.75, 3.05) is 18.9 Å². The first kappa shape index (κ1) is 24.1. The number of hydrogen-bond donors (Lipinski definition) is 4. The number of nitro groups is 1. The normalized spacial score (nSPS) is 32.6. The molecule has 1 fully saturated rings. The molecule has 172 valence electrons. The lowest BCUT2D eigenvalue weighted by atomic mass is 10.0. The zero-order valence-corrected chi connectivity index (χ0v) is 17.7. The van der Waals surface area contributed by atoms with E-state index in [0.29, 0.717) is 12.3 Å². The van der Waals surface area contributed by atoms with Crippen molar-refractivity contribution in [2.24, 2.45) is 0 Å². The Morgan fingerprint density at radius 3 is 2.62 bits per heavy atom. The first-order chi connectivity index (χ1) is 15.3. The average Bonchev–Trinajstić information content (AvgIpc) is 2.79. The van der Waals surface area contributed by atoms with E-state index in [1.165, 1.54) is 30.0 Å². The van der Waals surface area contributed by atoms with Crippen molar-refractivity contribution in [1.82, 2.24) is 4.90 Å². The lowest BCUT2D eigenvalue weighted by Crippen LogP contribution is -2.57. The van der Waals surface area contributed by atoms with Gasteiger partial charge < -0.3 is 30.1 Å². The molecule has 0 aromatic heterocycles. The maximum absolute atomic E-state index is 12.0. The van der Waals surface area contributed by atoms with Crippen molar-refractivity contribution in [2.45, 2.75) is 29.9 Å². The van der Waals surface area contributed by atoms with E-state index >= 15 is 0 Å². The number of thioether (sulfide) groups is 1. The molecule has 0 amide bonds. The number of ether oxygens (including phenoxy) is 1. The molecule has 1 aliphatic carbocycles. The van der Waals surface area contributed by atoms with E-state index in [-0.39, 0.29) is 17.1 Å². The van der Waals surface area contributed by atoms with Crippen molar-refractivity contribution >= 4 is 17.5 Å². The maximum Gasteiger partial charge on any atom is 0.270 e. The largest absolute Gasteiger partial charge is 0.394 e. The van der Waals surface area contributed by atoms with Crippen LogP contribution in [0.4, 0.5) is 0 Å². The van der Waals surface area contributed by atoms with Gasteiger partial charge in [-0.1, -0.05) is 6.08 Å². The SMILES string of the molecule is O=C1C=CC([N+](=O)[O-])=C/C1=C/C=C1\C=CC=CN1CCS[C@@H]1O[C@H](CO)[C@H](O)[C@H](O)[C@H]1O. The van der Waals surface area contributed by atoms with Crippen LogP contribution in [0.3, 0.4) is 0 Å². The average molecular weight is 464 g/mol. The van der Waals surface area contributed by atoms with Gasteiger partial charge in [-0.3, -0.25) is 14.9 Å². The summed E-state index contributed by atoms with van der Waals surface area (Å²) in [5, 5.41) is 50.1. The summed E-state index contributed by atoms with van der Waals surface area (Å²) in [4.78, 5) is 24.3.